The third kappa shape index (κ3) is 3.71. The first-order chi connectivity index (χ1) is 13.3. The van der Waals surface area contributed by atoms with Crippen LogP contribution in [0, 0.1) is 0 Å². The standard InChI is InChI=1S/C21H24N6/c1-2-6-19-18(5-1)24-20(23-17-7-8-17)21(25-19)27-12-10-26(11-13-27)15-16-4-3-9-22-14-16/h1-6,9,14,17H,7-8,10-13,15H2,(H,23,24). The summed E-state index contributed by atoms with van der Waals surface area (Å²) < 4.78 is 0. The van der Waals surface area contributed by atoms with E-state index < -0.39 is 0 Å². The molecule has 1 aromatic carbocycles. The summed E-state index contributed by atoms with van der Waals surface area (Å²) in [5.41, 5.74) is 3.19. The average Bonchev–Trinajstić information content (AvgIpc) is 3.53. The van der Waals surface area contributed by atoms with Gasteiger partial charge in [0, 0.05) is 51.2 Å². The predicted octanol–water partition coefficient (Wildman–Crippen LogP) is 2.92. The van der Waals surface area contributed by atoms with E-state index in [-0.39, 0.29) is 0 Å². The van der Waals surface area contributed by atoms with Crippen LogP contribution in [0.3, 0.4) is 0 Å². The Labute approximate surface area is 159 Å². The lowest BCUT2D eigenvalue weighted by Crippen LogP contribution is -2.46. The second-order valence-corrected chi connectivity index (χ2v) is 7.43. The van der Waals surface area contributed by atoms with Gasteiger partial charge in [0.25, 0.3) is 0 Å². The van der Waals surface area contributed by atoms with Crippen molar-refractivity contribution in [1.29, 1.82) is 0 Å². The SMILES string of the molecule is c1cncc(CN2CCN(c3nc4ccccc4nc3NC3CC3)CC2)c1. The maximum atomic E-state index is 4.96. The summed E-state index contributed by atoms with van der Waals surface area (Å²) in [6, 6.07) is 12.8. The van der Waals surface area contributed by atoms with Crippen LogP contribution in [0.25, 0.3) is 11.0 Å². The summed E-state index contributed by atoms with van der Waals surface area (Å²) in [7, 11) is 0. The Morgan fingerprint density at radius 2 is 1.70 bits per heavy atom. The number of para-hydroxylation sites is 2. The number of rotatable bonds is 5. The third-order valence-electron chi connectivity index (χ3n) is 5.27. The van der Waals surface area contributed by atoms with Gasteiger partial charge in [-0.15, -0.1) is 0 Å². The van der Waals surface area contributed by atoms with Crippen LogP contribution in [0.5, 0.6) is 0 Å². The van der Waals surface area contributed by atoms with E-state index in [1.54, 1.807) is 0 Å². The molecule has 0 radical (unpaired) electrons. The Bertz CT molecular complexity index is 916. The van der Waals surface area contributed by atoms with E-state index in [2.05, 4.69) is 26.2 Å². The lowest BCUT2D eigenvalue weighted by molar-refractivity contribution is 0.249. The Balaban J connectivity index is 1.34. The molecule has 0 amide bonds. The Hall–Kier alpha value is -2.73. The molecule has 5 rings (SSSR count). The summed E-state index contributed by atoms with van der Waals surface area (Å²) in [5.74, 6) is 1.94. The molecular weight excluding hydrogens is 336 g/mol. The third-order valence-corrected chi connectivity index (χ3v) is 5.27. The van der Waals surface area contributed by atoms with Crippen molar-refractivity contribution in [3.05, 3.63) is 54.4 Å². The van der Waals surface area contributed by atoms with E-state index in [0.717, 1.165) is 55.4 Å². The van der Waals surface area contributed by atoms with Gasteiger partial charge in [-0.2, -0.15) is 0 Å². The second kappa shape index (κ2) is 7.12. The van der Waals surface area contributed by atoms with Crippen molar-refractivity contribution in [2.75, 3.05) is 36.4 Å². The summed E-state index contributed by atoms with van der Waals surface area (Å²) in [4.78, 5) is 18.9. The number of nitrogens with one attached hydrogen (secondary N) is 1. The molecule has 6 heteroatoms. The fourth-order valence-corrected chi connectivity index (χ4v) is 3.60. The first kappa shape index (κ1) is 16.4. The highest BCUT2D eigenvalue weighted by Crippen LogP contribution is 2.31. The highest BCUT2D eigenvalue weighted by Gasteiger charge is 2.26. The maximum Gasteiger partial charge on any atom is 0.172 e. The molecule has 1 aliphatic carbocycles. The molecule has 0 spiro atoms. The van der Waals surface area contributed by atoms with Gasteiger partial charge in [-0.1, -0.05) is 18.2 Å². The van der Waals surface area contributed by atoms with Crippen LogP contribution in [0.1, 0.15) is 18.4 Å². The van der Waals surface area contributed by atoms with E-state index in [1.807, 2.05) is 42.7 Å². The number of pyridine rings is 1. The van der Waals surface area contributed by atoms with Crippen LogP contribution in [0.4, 0.5) is 11.6 Å². The van der Waals surface area contributed by atoms with Gasteiger partial charge < -0.3 is 10.2 Å². The number of anilines is 2. The zero-order valence-electron chi connectivity index (χ0n) is 15.4. The van der Waals surface area contributed by atoms with E-state index in [4.69, 9.17) is 9.97 Å². The van der Waals surface area contributed by atoms with Crippen molar-refractivity contribution < 1.29 is 0 Å². The van der Waals surface area contributed by atoms with Gasteiger partial charge in [0.05, 0.1) is 11.0 Å². The molecule has 2 fully saturated rings. The van der Waals surface area contributed by atoms with Gasteiger partial charge in [-0.05, 0) is 36.6 Å². The van der Waals surface area contributed by atoms with Crippen LogP contribution in [0.15, 0.2) is 48.8 Å². The monoisotopic (exact) mass is 360 g/mol. The van der Waals surface area contributed by atoms with Crippen LogP contribution in [0.2, 0.25) is 0 Å². The minimum Gasteiger partial charge on any atom is -0.364 e. The minimum atomic E-state index is 0.561. The Morgan fingerprint density at radius 1 is 0.926 bits per heavy atom. The number of benzene rings is 1. The fourth-order valence-electron chi connectivity index (χ4n) is 3.60. The highest BCUT2D eigenvalue weighted by atomic mass is 15.3. The van der Waals surface area contributed by atoms with Crippen molar-refractivity contribution in [2.45, 2.75) is 25.4 Å². The molecule has 6 nitrogen and oxygen atoms in total. The Kier molecular flexibility index (Phi) is 4.33. The zero-order chi connectivity index (χ0) is 18.1. The highest BCUT2D eigenvalue weighted by molar-refractivity contribution is 5.80. The molecule has 3 aromatic rings. The average molecular weight is 360 g/mol. The predicted molar refractivity (Wildman–Crippen MR) is 108 cm³/mol. The molecule has 27 heavy (non-hydrogen) atoms. The van der Waals surface area contributed by atoms with Crippen molar-refractivity contribution >= 4 is 22.7 Å². The van der Waals surface area contributed by atoms with Gasteiger partial charge >= 0.3 is 0 Å². The van der Waals surface area contributed by atoms with Crippen molar-refractivity contribution in [1.82, 2.24) is 19.9 Å². The molecule has 1 N–H and O–H groups in total. The molecule has 1 saturated carbocycles. The first-order valence-corrected chi connectivity index (χ1v) is 9.75. The lowest BCUT2D eigenvalue weighted by atomic mass is 10.2. The molecule has 138 valence electrons. The van der Waals surface area contributed by atoms with E-state index in [1.165, 1.54) is 18.4 Å². The summed E-state index contributed by atoms with van der Waals surface area (Å²) in [5, 5.41) is 3.59. The minimum absolute atomic E-state index is 0.561. The molecule has 1 aliphatic heterocycles. The number of hydrogen-bond donors (Lipinski definition) is 1. The molecule has 1 saturated heterocycles. The Morgan fingerprint density at radius 3 is 2.41 bits per heavy atom. The van der Waals surface area contributed by atoms with E-state index in [9.17, 15) is 0 Å². The molecule has 0 atom stereocenters. The van der Waals surface area contributed by atoms with Gasteiger partial charge in [-0.25, -0.2) is 9.97 Å². The number of hydrogen-bond acceptors (Lipinski definition) is 6. The van der Waals surface area contributed by atoms with E-state index in [0.29, 0.717) is 6.04 Å². The first-order valence-electron chi connectivity index (χ1n) is 9.75. The van der Waals surface area contributed by atoms with Crippen molar-refractivity contribution in [2.24, 2.45) is 0 Å². The fraction of sp³-hybridized carbons (Fsp3) is 0.381. The topological polar surface area (TPSA) is 57.2 Å². The van der Waals surface area contributed by atoms with Gasteiger partial charge in [-0.3, -0.25) is 9.88 Å². The molecule has 0 unspecified atom stereocenters. The van der Waals surface area contributed by atoms with Gasteiger partial charge in [0.15, 0.2) is 11.6 Å². The van der Waals surface area contributed by atoms with Crippen LogP contribution < -0.4 is 10.2 Å². The maximum absolute atomic E-state index is 4.96. The lowest BCUT2D eigenvalue weighted by Gasteiger charge is -2.36. The zero-order valence-corrected chi connectivity index (χ0v) is 15.4. The van der Waals surface area contributed by atoms with Gasteiger partial charge in [0.1, 0.15) is 0 Å². The molecule has 0 bridgehead atoms. The van der Waals surface area contributed by atoms with E-state index >= 15 is 0 Å². The van der Waals surface area contributed by atoms with Crippen LogP contribution in [-0.2, 0) is 6.54 Å². The van der Waals surface area contributed by atoms with Crippen LogP contribution in [-0.4, -0.2) is 52.1 Å². The number of nitrogens with zero attached hydrogens (tertiary/aromatic N) is 5. The van der Waals surface area contributed by atoms with Crippen LogP contribution >= 0.6 is 0 Å². The molecular formula is C21H24N6. The summed E-state index contributed by atoms with van der Waals surface area (Å²) in [6.07, 6.45) is 6.24. The number of fused-ring (bicyclic) bond motifs is 1. The normalized spacial score (nSPS) is 18.0. The number of aromatic nitrogens is 3. The van der Waals surface area contributed by atoms with Crippen molar-refractivity contribution in [3.63, 3.8) is 0 Å². The van der Waals surface area contributed by atoms with Gasteiger partial charge in [0.2, 0.25) is 0 Å². The summed E-state index contributed by atoms with van der Waals surface area (Å²) in [6.45, 7) is 4.93. The quantitative estimate of drug-likeness (QED) is 0.755. The largest absolute Gasteiger partial charge is 0.364 e. The number of piperazine rings is 1. The molecule has 2 aliphatic rings. The van der Waals surface area contributed by atoms with Crippen molar-refractivity contribution in [3.8, 4) is 0 Å². The molecule has 2 aromatic heterocycles. The smallest absolute Gasteiger partial charge is 0.172 e. The second-order valence-electron chi connectivity index (χ2n) is 7.43. The molecule has 3 heterocycles. The summed E-state index contributed by atoms with van der Waals surface area (Å²) >= 11 is 0.